The molecule has 0 aliphatic heterocycles. The monoisotopic (exact) mass is 412 g/mol. The molecule has 0 fully saturated rings. The molecule has 2 aromatic rings. The fraction of sp³-hybridized carbons (Fsp3) is 0.571. The van der Waals surface area contributed by atoms with Crippen LogP contribution in [0.5, 0.6) is 5.75 Å². The van der Waals surface area contributed by atoms with Crippen molar-refractivity contribution in [1.29, 1.82) is 0 Å². The second-order valence-electron chi connectivity index (χ2n) is 8.53. The van der Waals surface area contributed by atoms with Crippen molar-refractivity contribution in [3.63, 3.8) is 0 Å². The summed E-state index contributed by atoms with van der Waals surface area (Å²) < 4.78 is 1.42. The first-order valence-electron chi connectivity index (χ1n) is 12.3. The lowest BCUT2D eigenvalue weighted by Crippen LogP contribution is -2.50. The van der Waals surface area contributed by atoms with Crippen LogP contribution in [0.1, 0.15) is 79.1 Å². The van der Waals surface area contributed by atoms with E-state index in [1.54, 1.807) is 6.07 Å². The Balaban J connectivity index is 0.000000308. The Kier molecular flexibility index (Phi) is 14.0. The highest BCUT2D eigenvalue weighted by Crippen LogP contribution is 2.27. The molecule has 0 saturated heterocycles. The molecule has 0 aliphatic carbocycles. The minimum absolute atomic E-state index is 0.328. The van der Waals surface area contributed by atoms with Crippen LogP contribution in [0.4, 0.5) is 0 Å². The number of phenols is 1. The molecule has 0 aliphatic rings. The zero-order chi connectivity index (χ0) is 22.1. The number of unbranched alkanes of at least 4 members (excludes halogenated alkanes) is 4. The quantitative estimate of drug-likeness (QED) is 0.330. The molecule has 1 N–H and O–H groups in total. The van der Waals surface area contributed by atoms with Gasteiger partial charge >= 0.3 is 0 Å². The number of quaternary nitrogens is 1. The zero-order valence-electron chi connectivity index (χ0n) is 20.1. The molecule has 2 heteroatoms. The first kappa shape index (κ1) is 26.2. The van der Waals surface area contributed by atoms with Gasteiger partial charge in [-0.1, -0.05) is 102 Å². The van der Waals surface area contributed by atoms with Gasteiger partial charge in [0.2, 0.25) is 0 Å². The number of phenolic OH excluding ortho intramolecular Hbond substituents is 1. The lowest BCUT2D eigenvalue weighted by atomic mass is 10.1. The standard InChI is InChI=1S/C16H36N.C12H10O/c1-5-9-13-17(14-10-6-2,15-11-7-3)16-12-8-4;13-12-9-5-4-8-11(12)10-6-2-1-3-7-10/h5-16H2,1-4H3;1-9,13H/q+1;. The summed E-state index contributed by atoms with van der Waals surface area (Å²) in [6.45, 7) is 15.0. The maximum atomic E-state index is 9.56. The van der Waals surface area contributed by atoms with Gasteiger partial charge in [-0.05, 0) is 37.3 Å². The molecule has 168 valence electrons. The second-order valence-corrected chi connectivity index (χ2v) is 8.53. The van der Waals surface area contributed by atoms with Crippen LogP contribution in [-0.2, 0) is 0 Å². The van der Waals surface area contributed by atoms with Crippen molar-refractivity contribution >= 4 is 0 Å². The third-order valence-electron chi connectivity index (χ3n) is 5.93. The van der Waals surface area contributed by atoms with Gasteiger partial charge in [0.25, 0.3) is 0 Å². The molecule has 0 aromatic heterocycles. The molecule has 2 rings (SSSR count). The predicted octanol–water partition coefficient (Wildman–Crippen LogP) is 8.06. The lowest BCUT2D eigenvalue weighted by Gasteiger charge is -2.39. The van der Waals surface area contributed by atoms with E-state index in [1.807, 2.05) is 48.5 Å². The zero-order valence-corrected chi connectivity index (χ0v) is 20.1. The summed E-state index contributed by atoms with van der Waals surface area (Å²) in [5, 5.41) is 9.56. The smallest absolute Gasteiger partial charge is 0.123 e. The normalized spacial score (nSPS) is 11.1. The Hall–Kier alpha value is -1.80. The summed E-state index contributed by atoms with van der Waals surface area (Å²) in [6.07, 6.45) is 11.1. The average Bonchev–Trinajstić information content (AvgIpc) is 2.79. The number of nitrogens with zero attached hydrogens (tertiary/aromatic N) is 1. The number of rotatable bonds is 13. The predicted molar refractivity (Wildman–Crippen MR) is 133 cm³/mol. The molecule has 0 radical (unpaired) electrons. The molecule has 0 unspecified atom stereocenters. The molecule has 0 atom stereocenters. The van der Waals surface area contributed by atoms with Gasteiger partial charge in [-0.3, -0.25) is 0 Å². The number of hydrogen-bond donors (Lipinski definition) is 1. The van der Waals surface area contributed by atoms with Crippen LogP contribution in [-0.4, -0.2) is 35.8 Å². The summed E-state index contributed by atoms with van der Waals surface area (Å²) in [5.74, 6) is 0.328. The summed E-state index contributed by atoms with van der Waals surface area (Å²) in [6, 6.07) is 17.2. The first-order valence-corrected chi connectivity index (χ1v) is 12.3. The van der Waals surface area contributed by atoms with E-state index < -0.39 is 0 Å². The van der Waals surface area contributed by atoms with E-state index in [2.05, 4.69) is 27.7 Å². The van der Waals surface area contributed by atoms with Crippen molar-refractivity contribution in [2.24, 2.45) is 0 Å². The molecule has 0 bridgehead atoms. The molecule has 0 heterocycles. The van der Waals surface area contributed by atoms with Crippen LogP contribution in [0.3, 0.4) is 0 Å². The molecule has 2 nitrogen and oxygen atoms in total. The highest BCUT2D eigenvalue weighted by atomic mass is 16.3. The Labute approximate surface area is 186 Å². The van der Waals surface area contributed by atoms with E-state index in [1.165, 1.54) is 82.0 Å². The van der Waals surface area contributed by atoms with Crippen molar-refractivity contribution in [3.05, 3.63) is 54.6 Å². The van der Waals surface area contributed by atoms with Crippen LogP contribution in [0.2, 0.25) is 0 Å². The van der Waals surface area contributed by atoms with Crippen LogP contribution in [0.15, 0.2) is 54.6 Å². The molecule has 0 saturated carbocycles. The van der Waals surface area contributed by atoms with Gasteiger partial charge in [-0.15, -0.1) is 0 Å². The van der Waals surface area contributed by atoms with Gasteiger partial charge in [0.1, 0.15) is 5.75 Å². The summed E-state index contributed by atoms with van der Waals surface area (Å²) >= 11 is 0. The van der Waals surface area contributed by atoms with Gasteiger partial charge in [0.05, 0.1) is 26.2 Å². The van der Waals surface area contributed by atoms with E-state index in [4.69, 9.17) is 0 Å². The van der Waals surface area contributed by atoms with Crippen molar-refractivity contribution in [2.75, 3.05) is 26.2 Å². The van der Waals surface area contributed by atoms with E-state index in [0.717, 1.165) is 11.1 Å². The Morgan fingerprint density at radius 3 is 1.37 bits per heavy atom. The second kappa shape index (κ2) is 16.0. The van der Waals surface area contributed by atoms with Crippen molar-refractivity contribution in [1.82, 2.24) is 0 Å². The molecule has 30 heavy (non-hydrogen) atoms. The Morgan fingerprint density at radius 1 is 0.567 bits per heavy atom. The molecule has 0 spiro atoms. The first-order chi connectivity index (χ1) is 14.6. The van der Waals surface area contributed by atoms with Gasteiger partial charge in [0, 0.05) is 5.56 Å². The lowest BCUT2D eigenvalue weighted by molar-refractivity contribution is -0.929. The third-order valence-corrected chi connectivity index (χ3v) is 5.93. The minimum atomic E-state index is 0.328. The van der Waals surface area contributed by atoms with Crippen molar-refractivity contribution < 1.29 is 9.59 Å². The maximum Gasteiger partial charge on any atom is 0.123 e. The van der Waals surface area contributed by atoms with Gasteiger partial charge in [0.15, 0.2) is 0 Å². The Morgan fingerprint density at radius 2 is 0.967 bits per heavy atom. The van der Waals surface area contributed by atoms with E-state index >= 15 is 0 Å². The largest absolute Gasteiger partial charge is 0.507 e. The highest BCUT2D eigenvalue weighted by molar-refractivity contribution is 5.69. The van der Waals surface area contributed by atoms with Crippen LogP contribution < -0.4 is 0 Å². The van der Waals surface area contributed by atoms with Gasteiger partial charge < -0.3 is 9.59 Å². The van der Waals surface area contributed by atoms with Crippen molar-refractivity contribution in [3.8, 4) is 16.9 Å². The molecule has 0 amide bonds. The highest BCUT2D eigenvalue weighted by Gasteiger charge is 2.24. The molecule has 2 aromatic carbocycles. The van der Waals surface area contributed by atoms with Crippen LogP contribution >= 0.6 is 0 Å². The summed E-state index contributed by atoms with van der Waals surface area (Å²) in [4.78, 5) is 0. The van der Waals surface area contributed by atoms with Crippen LogP contribution in [0.25, 0.3) is 11.1 Å². The van der Waals surface area contributed by atoms with E-state index in [-0.39, 0.29) is 0 Å². The summed E-state index contributed by atoms with van der Waals surface area (Å²) in [7, 11) is 0. The van der Waals surface area contributed by atoms with E-state index in [0.29, 0.717) is 5.75 Å². The summed E-state index contributed by atoms with van der Waals surface area (Å²) in [5.41, 5.74) is 1.92. The maximum absolute atomic E-state index is 9.56. The Bertz CT molecular complexity index is 615. The average molecular weight is 413 g/mol. The molecular formula is C28H46NO+. The number of hydrogen-bond acceptors (Lipinski definition) is 1. The number of para-hydroxylation sites is 1. The van der Waals surface area contributed by atoms with Crippen LogP contribution in [0, 0.1) is 0 Å². The SMILES string of the molecule is CCCC[N+](CCCC)(CCCC)CCCC.Oc1ccccc1-c1ccccc1. The van der Waals surface area contributed by atoms with Gasteiger partial charge in [-0.2, -0.15) is 0 Å². The molecular weight excluding hydrogens is 366 g/mol. The number of aromatic hydroxyl groups is 1. The topological polar surface area (TPSA) is 20.2 Å². The van der Waals surface area contributed by atoms with E-state index in [9.17, 15) is 5.11 Å². The fourth-order valence-electron chi connectivity index (χ4n) is 3.98. The number of benzene rings is 2. The van der Waals surface area contributed by atoms with Gasteiger partial charge in [-0.25, -0.2) is 0 Å². The third kappa shape index (κ3) is 9.80. The minimum Gasteiger partial charge on any atom is -0.507 e. The fourth-order valence-corrected chi connectivity index (χ4v) is 3.98. The van der Waals surface area contributed by atoms with Crippen molar-refractivity contribution in [2.45, 2.75) is 79.1 Å².